The van der Waals surface area contributed by atoms with Crippen LogP contribution in [0.5, 0.6) is 0 Å². The van der Waals surface area contributed by atoms with Crippen LogP contribution < -0.4 is 0 Å². The topological polar surface area (TPSA) is 149 Å². The van der Waals surface area contributed by atoms with Gasteiger partial charge in [0.1, 0.15) is 5.78 Å². The van der Waals surface area contributed by atoms with Crippen molar-refractivity contribution >= 4 is 35.6 Å². The molecule has 0 amide bonds. The van der Waals surface area contributed by atoms with Crippen LogP contribution in [0.25, 0.3) is 0 Å². The predicted octanol–water partition coefficient (Wildman–Crippen LogP) is 1.87. The Hall–Kier alpha value is -3.50. The smallest absolute Gasteiger partial charge is 0.323 e. The molecule has 11 heteroatoms. The van der Waals surface area contributed by atoms with Crippen LogP contribution in [0.15, 0.2) is 24.3 Å². The van der Waals surface area contributed by atoms with E-state index in [9.17, 15) is 28.8 Å². The Bertz CT molecular complexity index is 868. The summed E-state index contributed by atoms with van der Waals surface area (Å²) in [7, 11) is 5.67. The monoisotopic (exact) mass is 510 g/mol. The zero-order chi connectivity index (χ0) is 27.4. The Labute approximate surface area is 210 Å². The quantitative estimate of drug-likeness (QED) is 0.231. The van der Waals surface area contributed by atoms with Gasteiger partial charge in [-0.05, 0) is 32.1 Å². The van der Waals surface area contributed by atoms with Crippen molar-refractivity contribution in [3.8, 4) is 0 Å². The molecule has 0 aromatic rings. The molecule has 200 valence electrons. The highest BCUT2D eigenvalue weighted by atomic mass is 16.6. The molecule has 1 atom stereocenters. The molecule has 11 nitrogen and oxygen atoms in total. The normalized spacial score (nSPS) is 21.9. The number of Topliss-reactive ketones (excluding diaryl/α,β-unsaturated/α-hetero) is 1. The van der Waals surface area contributed by atoms with Crippen LogP contribution in [-0.2, 0) is 52.5 Å². The molecule has 0 bridgehead atoms. The molecule has 0 spiro atoms. The maximum Gasteiger partial charge on any atom is 0.323 e. The van der Waals surface area contributed by atoms with Gasteiger partial charge in [-0.2, -0.15) is 0 Å². The van der Waals surface area contributed by atoms with E-state index >= 15 is 0 Å². The Morgan fingerprint density at radius 2 is 1.08 bits per heavy atom. The third kappa shape index (κ3) is 7.02. The fourth-order valence-corrected chi connectivity index (χ4v) is 4.11. The Morgan fingerprint density at radius 3 is 1.53 bits per heavy atom. The standard InChI is InChI=1S/C25H34O11/c1-32-19(27)17-10-6-7-12-24(20(28)33-2,21(29)34-3)13-8-9-14-25(22(30)35-4,23(31)36-5)15-11-18(26)16-17/h6-9,17H,10-16H2,1-5H3/b7-6+,9-8+. The highest BCUT2D eigenvalue weighted by Gasteiger charge is 2.49. The second kappa shape index (κ2) is 14.2. The minimum atomic E-state index is -1.85. The van der Waals surface area contributed by atoms with E-state index in [1.807, 2.05) is 0 Å². The van der Waals surface area contributed by atoms with Gasteiger partial charge in [-0.25, -0.2) is 0 Å². The lowest BCUT2D eigenvalue weighted by Gasteiger charge is -2.27. The van der Waals surface area contributed by atoms with Gasteiger partial charge in [0.25, 0.3) is 0 Å². The lowest BCUT2D eigenvalue weighted by atomic mass is 9.77. The summed E-state index contributed by atoms with van der Waals surface area (Å²) in [5.74, 6) is -5.35. The average molecular weight is 511 g/mol. The van der Waals surface area contributed by atoms with Gasteiger partial charge in [0, 0.05) is 12.8 Å². The second-order valence-corrected chi connectivity index (χ2v) is 8.38. The van der Waals surface area contributed by atoms with E-state index in [2.05, 4.69) is 0 Å². The van der Waals surface area contributed by atoms with Crippen molar-refractivity contribution in [3.63, 3.8) is 0 Å². The van der Waals surface area contributed by atoms with Gasteiger partial charge in [0.15, 0.2) is 10.8 Å². The Kier molecular flexibility index (Phi) is 12.0. The van der Waals surface area contributed by atoms with Gasteiger partial charge >= 0.3 is 29.8 Å². The number of rotatable bonds is 5. The Balaban J connectivity index is 3.61. The molecule has 1 aliphatic carbocycles. The van der Waals surface area contributed by atoms with Gasteiger partial charge in [-0.15, -0.1) is 0 Å². The highest BCUT2D eigenvalue weighted by Crippen LogP contribution is 2.36. The van der Waals surface area contributed by atoms with E-state index < -0.39 is 46.6 Å². The molecule has 36 heavy (non-hydrogen) atoms. The first-order chi connectivity index (χ1) is 17.1. The minimum absolute atomic E-state index is 0.0891. The van der Waals surface area contributed by atoms with Crippen LogP contribution in [0, 0.1) is 16.7 Å². The fourth-order valence-electron chi connectivity index (χ4n) is 4.11. The van der Waals surface area contributed by atoms with Crippen LogP contribution >= 0.6 is 0 Å². The average Bonchev–Trinajstić information content (AvgIpc) is 2.90. The van der Waals surface area contributed by atoms with E-state index in [0.717, 1.165) is 28.4 Å². The summed E-state index contributed by atoms with van der Waals surface area (Å²) in [5, 5.41) is 0. The van der Waals surface area contributed by atoms with Crippen molar-refractivity contribution in [2.75, 3.05) is 35.5 Å². The number of ketones is 1. The SMILES string of the molecule is COC(=O)C1C/C=C/CC(C(=O)OC)(C(=O)OC)C/C=C/CC(C(=O)OC)(C(=O)OC)CCC(=O)C1. The van der Waals surface area contributed by atoms with Crippen LogP contribution in [0.1, 0.15) is 44.9 Å². The van der Waals surface area contributed by atoms with Crippen LogP contribution in [0.3, 0.4) is 0 Å². The number of hydrogen-bond donors (Lipinski definition) is 0. The summed E-state index contributed by atoms with van der Waals surface area (Å²) in [6, 6.07) is 0. The van der Waals surface area contributed by atoms with Crippen LogP contribution in [0.4, 0.5) is 0 Å². The van der Waals surface area contributed by atoms with E-state index in [4.69, 9.17) is 23.7 Å². The number of carbonyl (C=O) groups is 6. The van der Waals surface area contributed by atoms with Crippen molar-refractivity contribution in [2.45, 2.75) is 44.9 Å². The summed E-state index contributed by atoms with van der Waals surface area (Å²) in [6.45, 7) is 0. The molecular weight excluding hydrogens is 476 g/mol. The molecule has 1 unspecified atom stereocenters. The van der Waals surface area contributed by atoms with Crippen molar-refractivity contribution in [1.82, 2.24) is 0 Å². The lowest BCUT2D eigenvalue weighted by Crippen LogP contribution is -2.42. The second-order valence-electron chi connectivity index (χ2n) is 8.38. The molecule has 0 saturated heterocycles. The molecule has 1 rings (SSSR count). The molecule has 0 aromatic carbocycles. The zero-order valence-corrected chi connectivity index (χ0v) is 21.3. The third-order valence-electron chi connectivity index (χ3n) is 6.30. The lowest BCUT2D eigenvalue weighted by molar-refractivity contribution is -0.171. The maximum atomic E-state index is 12.7. The highest BCUT2D eigenvalue weighted by molar-refractivity contribution is 6.01. The molecule has 0 aliphatic heterocycles. The maximum absolute atomic E-state index is 12.7. The van der Waals surface area contributed by atoms with E-state index in [1.165, 1.54) is 25.3 Å². The van der Waals surface area contributed by atoms with Crippen LogP contribution in [-0.4, -0.2) is 71.2 Å². The van der Waals surface area contributed by atoms with Crippen molar-refractivity contribution < 1.29 is 52.5 Å². The first kappa shape index (κ1) is 30.5. The third-order valence-corrected chi connectivity index (χ3v) is 6.30. The van der Waals surface area contributed by atoms with Gasteiger partial charge in [0.05, 0.1) is 41.5 Å². The van der Waals surface area contributed by atoms with Gasteiger partial charge in [-0.3, -0.25) is 28.8 Å². The molecule has 0 heterocycles. The van der Waals surface area contributed by atoms with Gasteiger partial charge in [0.2, 0.25) is 0 Å². The number of hydrogen-bond acceptors (Lipinski definition) is 11. The zero-order valence-electron chi connectivity index (χ0n) is 21.3. The van der Waals surface area contributed by atoms with E-state index in [1.54, 1.807) is 6.08 Å². The van der Waals surface area contributed by atoms with E-state index in [0.29, 0.717) is 0 Å². The summed E-state index contributed by atoms with van der Waals surface area (Å²) >= 11 is 0. The first-order valence-electron chi connectivity index (χ1n) is 11.3. The summed E-state index contributed by atoms with van der Waals surface area (Å²) in [6.07, 6.45) is 4.93. The van der Waals surface area contributed by atoms with Crippen molar-refractivity contribution in [2.24, 2.45) is 16.7 Å². The fraction of sp³-hybridized carbons (Fsp3) is 0.600. The molecule has 0 N–H and O–H groups in total. The molecular formula is C25H34O11. The van der Waals surface area contributed by atoms with Gasteiger partial charge in [-0.1, -0.05) is 24.3 Å². The van der Waals surface area contributed by atoms with Gasteiger partial charge < -0.3 is 23.7 Å². The molecule has 1 aliphatic rings. The van der Waals surface area contributed by atoms with Crippen molar-refractivity contribution in [1.29, 1.82) is 0 Å². The van der Waals surface area contributed by atoms with Crippen LogP contribution in [0.2, 0.25) is 0 Å². The molecule has 0 saturated carbocycles. The first-order valence-corrected chi connectivity index (χ1v) is 11.3. The van der Waals surface area contributed by atoms with Crippen molar-refractivity contribution in [3.05, 3.63) is 24.3 Å². The molecule has 0 radical (unpaired) electrons. The number of allylic oxidation sites excluding steroid dienone is 4. The number of methoxy groups -OCH3 is 5. The summed E-state index contributed by atoms with van der Waals surface area (Å²) < 4.78 is 24.3. The largest absolute Gasteiger partial charge is 0.469 e. The molecule has 0 fully saturated rings. The number of esters is 5. The summed E-state index contributed by atoms with van der Waals surface area (Å²) in [4.78, 5) is 75.9. The Morgan fingerprint density at radius 1 is 0.667 bits per heavy atom. The minimum Gasteiger partial charge on any atom is -0.469 e. The molecule has 0 aromatic heterocycles. The summed E-state index contributed by atoms with van der Waals surface area (Å²) in [5.41, 5.74) is -3.61. The van der Waals surface area contributed by atoms with E-state index in [-0.39, 0.29) is 50.7 Å². The number of ether oxygens (including phenoxy) is 5. The number of carbonyl (C=O) groups excluding carboxylic acids is 6. The predicted molar refractivity (Wildman–Crippen MR) is 124 cm³/mol.